The van der Waals surface area contributed by atoms with Crippen LogP contribution in [0.3, 0.4) is 0 Å². The van der Waals surface area contributed by atoms with Gasteiger partial charge in [-0.15, -0.1) is 0 Å². The minimum atomic E-state index is -0.121. The monoisotopic (exact) mass is 346 g/mol. The van der Waals surface area contributed by atoms with Crippen molar-refractivity contribution in [2.45, 2.75) is 105 Å². The van der Waals surface area contributed by atoms with Gasteiger partial charge in [-0.25, -0.2) is 0 Å². The van der Waals surface area contributed by atoms with E-state index in [-0.39, 0.29) is 6.10 Å². The maximum Gasteiger partial charge on any atom is 0.0545 e. The minimum absolute atomic E-state index is 0.121. The molecule has 1 heteroatoms. The van der Waals surface area contributed by atoms with Crippen LogP contribution in [0, 0.1) is 45.8 Å². The van der Waals surface area contributed by atoms with Crippen molar-refractivity contribution in [3.8, 4) is 0 Å². The van der Waals surface area contributed by atoms with Crippen molar-refractivity contribution < 1.29 is 5.11 Å². The predicted octanol–water partition coefficient (Wildman–Crippen LogP) is 6.44. The molecule has 6 unspecified atom stereocenters. The van der Waals surface area contributed by atoms with Crippen LogP contribution < -0.4 is 0 Å². The Bertz CT molecular complexity index is 512. The Morgan fingerprint density at radius 2 is 1.64 bits per heavy atom. The van der Waals surface area contributed by atoms with E-state index < -0.39 is 0 Å². The number of fused-ring (bicyclic) bond motifs is 5. The van der Waals surface area contributed by atoms with Gasteiger partial charge in [-0.1, -0.05) is 40.5 Å². The number of hydrogen-bond acceptors (Lipinski definition) is 1. The number of hydrogen-bond donors (Lipinski definition) is 1. The molecule has 0 amide bonds. The summed E-state index contributed by atoms with van der Waals surface area (Å²) in [5.74, 6) is 4.23. The number of aliphatic hydroxyl groups is 1. The summed E-state index contributed by atoms with van der Waals surface area (Å²) in [5.41, 5.74) is 1.55. The molecule has 0 bridgehead atoms. The van der Waals surface area contributed by atoms with Crippen LogP contribution in [-0.4, -0.2) is 11.2 Å². The van der Waals surface area contributed by atoms with Gasteiger partial charge in [-0.3, -0.25) is 0 Å². The Labute approximate surface area is 156 Å². The quantitative estimate of drug-likeness (QED) is 0.579. The molecule has 0 radical (unpaired) electrons. The second-order valence-corrected chi connectivity index (χ2v) is 11.6. The number of rotatable bonds is 1. The van der Waals surface area contributed by atoms with Crippen molar-refractivity contribution >= 4 is 0 Å². The van der Waals surface area contributed by atoms with Gasteiger partial charge in [0.05, 0.1) is 6.10 Å². The Balaban J connectivity index is 1.65. The average Bonchev–Trinajstić information content (AvgIpc) is 2.54. The largest absolute Gasteiger partial charge is 0.393 e. The lowest BCUT2D eigenvalue weighted by atomic mass is 9.38. The molecule has 0 aromatic carbocycles. The van der Waals surface area contributed by atoms with E-state index in [2.05, 4.69) is 34.6 Å². The van der Waals surface area contributed by atoms with E-state index >= 15 is 0 Å². The van der Waals surface area contributed by atoms with Crippen LogP contribution in [0.5, 0.6) is 0 Å². The Hall–Kier alpha value is -0.0400. The van der Waals surface area contributed by atoms with E-state index in [1.165, 1.54) is 64.2 Å². The fraction of sp³-hybridized carbons (Fsp3) is 1.00. The molecule has 4 saturated carbocycles. The third-order valence-corrected chi connectivity index (χ3v) is 10.5. The highest BCUT2D eigenvalue weighted by molar-refractivity contribution is 5.11. The maximum absolute atomic E-state index is 10.5. The van der Waals surface area contributed by atoms with Crippen LogP contribution in [0.25, 0.3) is 0 Å². The molecular weight excluding hydrogens is 304 g/mol. The molecule has 25 heavy (non-hydrogen) atoms. The SMILES string of the molecule is CC1CC[C@]2(C)C3CC[C@]4(C)C(C(C)O)CCCC4C3CC[C@]2(C)C1. The lowest BCUT2D eigenvalue weighted by Gasteiger charge is -2.67. The topological polar surface area (TPSA) is 20.2 Å². The summed E-state index contributed by atoms with van der Waals surface area (Å²) >= 11 is 0. The first-order chi connectivity index (χ1) is 11.7. The average molecular weight is 347 g/mol. The summed E-state index contributed by atoms with van der Waals surface area (Å²) in [6.45, 7) is 12.4. The van der Waals surface area contributed by atoms with Crippen molar-refractivity contribution in [2.75, 3.05) is 0 Å². The predicted molar refractivity (Wildman–Crippen MR) is 105 cm³/mol. The van der Waals surface area contributed by atoms with E-state index in [0.29, 0.717) is 22.2 Å². The molecule has 0 aromatic rings. The molecule has 0 saturated heterocycles. The van der Waals surface area contributed by atoms with E-state index in [4.69, 9.17) is 0 Å². The molecule has 4 fully saturated rings. The van der Waals surface area contributed by atoms with Crippen LogP contribution in [0.1, 0.15) is 98.8 Å². The smallest absolute Gasteiger partial charge is 0.0545 e. The van der Waals surface area contributed by atoms with Crippen molar-refractivity contribution in [3.63, 3.8) is 0 Å². The fourth-order valence-electron chi connectivity index (χ4n) is 8.97. The molecule has 4 rings (SSSR count). The highest BCUT2D eigenvalue weighted by Crippen LogP contribution is 2.70. The van der Waals surface area contributed by atoms with Gasteiger partial charge in [0, 0.05) is 0 Å². The molecule has 9 atom stereocenters. The molecule has 1 nitrogen and oxygen atoms in total. The molecule has 1 N–H and O–H groups in total. The number of aliphatic hydroxyl groups excluding tert-OH is 1. The molecule has 0 heterocycles. The minimum Gasteiger partial charge on any atom is -0.393 e. The molecule has 0 spiro atoms. The summed E-state index contributed by atoms with van der Waals surface area (Å²) in [6.07, 6.45) is 14.0. The zero-order valence-corrected chi connectivity index (χ0v) is 17.5. The second-order valence-electron chi connectivity index (χ2n) is 11.6. The first-order valence-electron chi connectivity index (χ1n) is 11.4. The van der Waals surface area contributed by atoms with Crippen molar-refractivity contribution in [2.24, 2.45) is 45.8 Å². The van der Waals surface area contributed by atoms with Gasteiger partial charge >= 0.3 is 0 Å². The normalized spacial score (nSPS) is 57.1. The van der Waals surface area contributed by atoms with E-state index in [0.717, 1.165) is 23.7 Å². The summed E-state index contributed by atoms with van der Waals surface area (Å²) in [4.78, 5) is 0. The molecular formula is C24H42O. The summed E-state index contributed by atoms with van der Waals surface area (Å²) in [5, 5.41) is 10.5. The van der Waals surface area contributed by atoms with E-state index in [9.17, 15) is 5.11 Å². The standard InChI is InChI=1S/C24H42O/c1-16-9-14-24(5)21-11-13-23(4)19(17(2)25)7-6-8-20(23)18(21)10-12-22(24,3)15-16/h16-21,25H,6-15H2,1-5H3/t16?,17?,18?,19?,20?,21?,22-,23-,24-/m1/s1. The van der Waals surface area contributed by atoms with Gasteiger partial charge in [-0.05, 0) is 104 Å². The lowest BCUT2D eigenvalue weighted by molar-refractivity contribution is -0.185. The van der Waals surface area contributed by atoms with Crippen LogP contribution in [0.15, 0.2) is 0 Å². The van der Waals surface area contributed by atoms with Crippen molar-refractivity contribution in [1.82, 2.24) is 0 Å². The summed E-state index contributed by atoms with van der Waals surface area (Å²) < 4.78 is 0. The van der Waals surface area contributed by atoms with E-state index in [1.807, 2.05) is 0 Å². The van der Waals surface area contributed by atoms with Gasteiger partial charge in [-0.2, -0.15) is 0 Å². The van der Waals surface area contributed by atoms with Gasteiger partial charge < -0.3 is 5.11 Å². The maximum atomic E-state index is 10.5. The third-order valence-electron chi connectivity index (χ3n) is 10.5. The molecule has 4 aliphatic carbocycles. The summed E-state index contributed by atoms with van der Waals surface area (Å²) in [7, 11) is 0. The van der Waals surface area contributed by atoms with Crippen LogP contribution >= 0.6 is 0 Å². The van der Waals surface area contributed by atoms with Gasteiger partial charge in [0.2, 0.25) is 0 Å². The highest BCUT2D eigenvalue weighted by atomic mass is 16.3. The van der Waals surface area contributed by atoms with Crippen molar-refractivity contribution in [1.29, 1.82) is 0 Å². The molecule has 0 aliphatic heterocycles. The first kappa shape index (κ1) is 18.3. The van der Waals surface area contributed by atoms with Crippen LogP contribution in [0.4, 0.5) is 0 Å². The Morgan fingerprint density at radius 3 is 2.36 bits per heavy atom. The van der Waals surface area contributed by atoms with Crippen LogP contribution in [0.2, 0.25) is 0 Å². The zero-order valence-electron chi connectivity index (χ0n) is 17.5. The molecule has 4 aliphatic rings. The first-order valence-corrected chi connectivity index (χ1v) is 11.4. The van der Waals surface area contributed by atoms with Gasteiger partial charge in [0.25, 0.3) is 0 Å². The fourth-order valence-corrected chi connectivity index (χ4v) is 8.97. The van der Waals surface area contributed by atoms with E-state index in [1.54, 1.807) is 0 Å². The Kier molecular flexibility index (Phi) is 4.38. The zero-order chi connectivity index (χ0) is 18.0. The van der Waals surface area contributed by atoms with Gasteiger partial charge in [0.1, 0.15) is 0 Å². The van der Waals surface area contributed by atoms with Crippen LogP contribution in [-0.2, 0) is 0 Å². The van der Waals surface area contributed by atoms with Gasteiger partial charge in [0.15, 0.2) is 0 Å². The second kappa shape index (κ2) is 5.98. The third kappa shape index (κ3) is 2.50. The Morgan fingerprint density at radius 1 is 0.880 bits per heavy atom. The molecule has 144 valence electrons. The lowest BCUT2D eigenvalue weighted by Crippen LogP contribution is -2.60. The van der Waals surface area contributed by atoms with Crippen molar-refractivity contribution in [3.05, 3.63) is 0 Å². The highest BCUT2D eigenvalue weighted by Gasteiger charge is 2.62. The summed E-state index contributed by atoms with van der Waals surface area (Å²) in [6, 6.07) is 0. The molecule has 0 aromatic heterocycles.